The standard InChI is InChI=1S/C28H23FN2O4/c1-35-19-11-12-23-21(15-19)18(16-30-23)13-14-31-25(20-9-5-6-10-22(20)29)24(27(33)28(31)34)26(32)17-7-3-2-4-8-17/h2-12,15-16,25,30,32H,13-14H2,1H3/t25-/m1/s1. The van der Waals surface area contributed by atoms with Gasteiger partial charge in [-0.2, -0.15) is 0 Å². The lowest BCUT2D eigenvalue weighted by Gasteiger charge is -2.25. The largest absolute Gasteiger partial charge is 0.507 e. The first-order valence-corrected chi connectivity index (χ1v) is 11.2. The molecule has 1 aliphatic heterocycles. The molecule has 0 radical (unpaired) electrons. The lowest BCUT2D eigenvalue weighted by atomic mass is 9.95. The Morgan fingerprint density at radius 2 is 1.80 bits per heavy atom. The highest BCUT2D eigenvalue weighted by Crippen LogP contribution is 2.40. The molecular formula is C28H23FN2O4. The number of nitrogens with zero attached hydrogens (tertiary/aromatic N) is 1. The van der Waals surface area contributed by atoms with Crippen LogP contribution in [0.25, 0.3) is 16.7 Å². The van der Waals surface area contributed by atoms with Crippen LogP contribution in [0.4, 0.5) is 4.39 Å². The summed E-state index contributed by atoms with van der Waals surface area (Å²) in [5, 5.41) is 12.0. The number of amides is 1. The molecule has 2 heterocycles. The highest BCUT2D eigenvalue weighted by molar-refractivity contribution is 6.46. The molecule has 0 bridgehead atoms. The summed E-state index contributed by atoms with van der Waals surface area (Å²) in [6.07, 6.45) is 2.26. The Balaban J connectivity index is 1.56. The van der Waals surface area contributed by atoms with E-state index in [-0.39, 0.29) is 23.4 Å². The van der Waals surface area contributed by atoms with Gasteiger partial charge in [-0.05, 0) is 36.2 Å². The van der Waals surface area contributed by atoms with E-state index in [0.29, 0.717) is 17.7 Å². The number of hydrogen-bond acceptors (Lipinski definition) is 4. The molecule has 0 unspecified atom stereocenters. The molecule has 2 N–H and O–H groups in total. The van der Waals surface area contributed by atoms with Gasteiger partial charge in [0.1, 0.15) is 17.3 Å². The first-order chi connectivity index (χ1) is 17.0. The second kappa shape index (κ2) is 9.10. The first kappa shape index (κ1) is 22.4. The number of ketones is 1. The molecule has 1 aromatic heterocycles. The Bertz CT molecular complexity index is 1460. The van der Waals surface area contributed by atoms with Gasteiger partial charge in [0.15, 0.2) is 0 Å². The molecule has 176 valence electrons. The Morgan fingerprint density at radius 1 is 1.06 bits per heavy atom. The smallest absolute Gasteiger partial charge is 0.295 e. The summed E-state index contributed by atoms with van der Waals surface area (Å²) in [5.41, 5.74) is 2.26. The summed E-state index contributed by atoms with van der Waals surface area (Å²) >= 11 is 0. The number of carbonyl (C=O) groups is 2. The van der Waals surface area contributed by atoms with Crippen molar-refractivity contribution in [2.75, 3.05) is 13.7 Å². The topological polar surface area (TPSA) is 82.6 Å². The van der Waals surface area contributed by atoms with Gasteiger partial charge in [0.2, 0.25) is 0 Å². The van der Waals surface area contributed by atoms with Crippen molar-refractivity contribution in [2.24, 2.45) is 0 Å². The number of halogens is 1. The van der Waals surface area contributed by atoms with Crippen LogP contribution in [0.15, 0.2) is 84.6 Å². The fraction of sp³-hybridized carbons (Fsp3) is 0.143. The minimum absolute atomic E-state index is 0.119. The normalized spacial score (nSPS) is 17.3. The predicted molar refractivity (Wildman–Crippen MR) is 130 cm³/mol. The molecule has 1 atom stereocenters. The van der Waals surface area contributed by atoms with Crippen LogP contribution >= 0.6 is 0 Å². The monoisotopic (exact) mass is 470 g/mol. The van der Waals surface area contributed by atoms with Gasteiger partial charge in [-0.1, -0.05) is 48.5 Å². The third kappa shape index (κ3) is 3.95. The van der Waals surface area contributed by atoms with Crippen LogP contribution in [0.3, 0.4) is 0 Å². The van der Waals surface area contributed by atoms with Crippen LogP contribution in [0.2, 0.25) is 0 Å². The second-order valence-electron chi connectivity index (χ2n) is 8.36. The number of likely N-dealkylation sites (tertiary alicyclic amines) is 1. The Labute approximate surface area is 201 Å². The SMILES string of the molecule is COc1ccc2[nH]cc(CCN3C(=O)C(=O)C(=C(O)c4ccccc4)[C@H]3c3ccccc3F)c2c1. The molecule has 0 saturated carbocycles. The quantitative estimate of drug-likeness (QED) is 0.237. The van der Waals surface area contributed by atoms with Crippen LogP contribution < -0.4 is 4.74 Å². The van der Waals surface area contributed by atoms with Crippen molar-refractivity contribution >= 4 is 28.4 Å². The molecule has 4 aromatic rings. The minimum Gasteiger partial charge on any atom is -0.507 e. The number of carbonyl (C=O) groups excluding carboxylic acids is 2. The summed E-state index contributed by atoms with van der Waals surface area (Å²) in [6, 6.07) is 19.1. The zero-order valence-corrected chi connectivity index (χ0v) is 19.0. The fourth-order valence-corrected chi connectivity index (χ4v) is 4.61. The number of nitrogens with one attached hydrogen (secondary N) is 1. The number of hydrogen-bond donors (Lipinski definition) is 2. The lowest BCUT2D eigenvalue weighted by Crippen LogP contribution is -2.32. The summed E-state index contributed by atoms with van der Waals surface area (Å²) in [5.74, 6) is -1.78. The Kier molecular flexibility index (Phi) is 5.82. The van der Waals surface area contributed by atoms with Crippen molar-refractivity contribution in [3.05, 3.63) is 107 Å². The summed E-state index contributed by atoms with van der Waals surface area (Å²) in [4.78, 5) is 30.8. The molecule has 3 aromatic carbocycles. The molecule has 1 fully saturated rings. The number of aliphatic hydroxyl groups is 1. The van der Waals surface area contributed by atoms with Gasteiger partial charge in [0, 0.05) is 34.8 Å². The summed E-state index contributed by atoms with van der Waals surface area (Å²) in [6.45, 7) is 0.152. The van der Waals surface area contributed by atoms with Crippen molar-refractivity contribution < 1.29 is 23.8 Å². The Hall–Kier alpha value is -4.39. The zero-order chi connectivity index (χ0) is 24.5. The number of aliphatic hydroxyl groups excluding tert-OH is 1. The van der Waals surface area contributed by atoms with E-state index >= 15 is 0 Å². The van der Waals surface area contributed by atoms with Gasteiger partial charge >= 0.3 is 0 Å². The van der Waals surface area contributed by atoms with Crippen LogP contribution in [0, 0.1) is 5.82 Å². The average molecular weight is 471 g/mol. The van der Waals surface area contributed by atoms with Crippen molar-refractivity contribution in [1.29, 1.82) is 0 Å². The molecule has 1 amide bonds. The average Bonchev–Trinajstić information content (AvgIpc) is 3.40. The van der Waals surface area contributed by atoms with Crippen molar-refractivity contribution in [2.45, 2.75) is 12.5 Å². The third-order valence-electron chi connectivity index (χ3n) is 6.38. The first-order valence-electron chi connectivity index (χ1n) is 11.2. The second-order valence-corrected chi connectivity index (χ2v) is 8.36. The number of Topliss-reactive ketones (excluding diaryl/α,β-unsaturated/α-hetero) is 1. The number of benzene rings is 3. The maximum atomic E-state index is 14.9. The van der Waals surface area contributed by atoms with E-state index in [9.17, 15) is 19.1 Å². The number of H-pyrrole nitrogens is 1. The van der Waals surface area contributed by atoms with E-state index in [1.807, 2.05) is 24.4 Å². The molecular weight excluding hydrogens is 447 g/mol. The zero-order valence-electron chi connectivity index (χ0n) is 19.0. The van der Waals surface area contributed by atoms with Crippen LogP contribution in [-0.2, 0) is 16.0 Å². The molecule has 1 aliphatic rings. The summed E-state index contributed by atoms with van der Waals surface area (Å²) in [7, 11) is 1.59. The third-order valence-corrected chi connectivity index (χ3v) is 6.38. The van der Waals surface area contributed by atoms with Crippen molar-refractivity contribution in [3.8, 4) is 5.75 Å². The van der Waals surface area contributed by atoms with E-state index in [0.717, 1.165) is 16.5 Å². The van der Waals surface area contributed by atoms with Crippen molar-refractivity contribution in [1.82, 2.24) is 9.88 Å². The van der Waals surface area contributed by atoms with Gasteiger partial charge in [0.05, 0.1) is 18.7 Å². The van der Waals surface area contributed by atoms with Gasteiger partial charge in [-0.25, -0.2) is 4.39 Å². The number of ether oxygens (including phenoxy) is 1. The highest BCUT2D eigenvalue weighted by atomic mass is 19.1. The number of aromatic amines is 1. The number of methoxy groups -OCH3 is 1. The number of aromatic nitrogens is 1. The van der Waals surface area contributed by atoms with Gasteiger partial charge in [0.25, 0.3) is 11.7 Å². The molecule has 5 rings (SSSR count). The van der Waals surface area contributed by atoms with Crippen LogP contribution in [0.5, 0.6) is 5.75 Å². The Morgan fingerprint density at radius 3 is 2.54 bits per heavy atom. The molecule has 35 heavy (non-hydrogen) atoms. The van der Waals surface area contributed by atoms with Gasteiger partial charge in [-0.3, -0.25) is 9.59 Å². The molecule has 7 heteroatoms. The van der Waals surface area contributed by atoms with Crippen LogP contribution in [-0.4, -0.2) is 40.3 Å². The molecule has 1 saturated heterocycles. The van der Waals surface area contributed by atoms with Crippen molar-refractivity contribution in [3.63, 3.8) is 0 Å². The van der Waals surface area contributed by atoms with Gasteiger partial charge < -0.3 is 19.7 Å². The molecule has 6 nitrogen and oxygen atoms in total. The van der Waals surface area contributed by atoms with E-state index in [1.165, 1.54) is 17.0 Å². The van der Waals surface area contributed by atoms with Crippen LogP contribution in [0.1, 0.15) is 22.7 Å². The van der Waals surface area contributed by atoms with E-state index in [4.69, 9.17) is 4.74 Å². The van der Waals surface area contributed by atoms with E-state index in [1.54, 1.807) is 49.6 Å². The summed E-state index contributed by atoms with van der Waals surface area (Å²) < 4.78 is 20.3. The predicted octanol–water partition coefficient (Wildman–Crippen LogP) is 4.98. The fourth-order valence-electron chi connectivity index (χ4n) is 4.61. The maximum Gasteiger partial charge on any atom is 0.295 e. The van der Waals surface area contributed by atoms with E-state index < -0.39 is 23.5 Å². The molecule has 0 aliphatic carbocycles. The minimum atomic E-state index is -1.05. The van der Waals surface area contributed by atoms with Gasteiger partial charge in [-0.15, -0.1) is 0 Å². The van der Waals surface area contributed by atoms with E-state index in [2.05, 4.69) is 4.98 Å². The maximum absolute atomic E-state index is 14.9. The lowest BCUT2D eigenvalue weighted by molar-refractivity contribution is -0.139. The highest BCUT2D eigenvalue weighted by Gasteiger charge is 2.46. The number of fused-ring (bicyclic) bond motifs is 1. The number of rotatable bonds is 6. The molecule has 0 spiro atoms.